The molecule has 156 valence electrons. The zero-order valence-corrected chi connectivity index (χ0v) is 17.7. The van der Waals surface area contributed by atoms with Crippen molar-refractivity contribution in [3.05, 3.63) is 53.6 Å². The van der Waals surface area contributed by atoms with Crippen LogP contribution in [-0.4, -0.2) is 52.3 Å². The van der Waals surface area contributed by atoms with Gasteiger partial charge in [-0.3, -0.25) is 9.59 Å². The molecule has 0 heterocycles. The molecule has 0 aromatic heterocycles. The van der Waals surface area contributed by atoms with E-state index in [1.165, 1.54) is 39.4 Å². The molecule has 0 aliphatic rings. The molecule has 2 N–H and O–H groups in total. The average molecular weight is 420 g/mol. The van der Waals surface area contributed by atoms with E-state index in [0.29, 0.717) is 17.8 Å². The van der Waals surface area contributed by atoms with Gasteiger partial charge in [0.25, 0.3) is 11.8 Å². The first-order valence-corrected chi connectivity index (χ1v) is 10.5. The van der Waals surface area contributed by atoms with E-state index >= 15 is 0 Å². The number of amides is 2. The van der Waals surface area contributed by atoms with Crippen LogP contribution in [0.5, 0.6) is 5.75 Å². The van der Waals surface area contributed by atoms with E-state index in [4.69, 9.17) is 4.74 Å². The van der Waals surface area contributed by atoms with Crippen LogP contribution in [0.3, 0.4) is 0 Å². The summed E-state index contributed by atoms with van der Waals surface area (Å²) in [6, 6.07) is 10.8. The van der Waals surface area contributed by atoms with Gasteiger partial charge >= 0.3 is 0 Å². The summed E-state index contributed by atoms with van der Waals surface area (Å²) in [7, 11) is 0.331. The van der Waals surface area contributed by atoms with E-state index in [1.807, 2.05) is 6.92 Å². The Balaban J connectivity index is 2.37. The second-order valence-electron chi connectivity index (χ2n) is 6.41. The van der Waals surface area contributed by atoms with E-state index in [-0.39, 0.29) is 22.1 Å². The number of para-hydroxylation sites is 1. The predicted molar refractivity (Wildman–Crippen MR) is 111 cm³/mol. The fraction of sp³-hybridized carbons (Fsp3) is 0.300. The van der Waals surface area contributed by atoms with Gasteiger partial charge in [0.05, 0.1) is 18.4 Å². The highest BCUT2D eigenvalue weighted by molar-refractivity contribution is 7.89. The molecule has 0 saturated heterocycles. The van der Waals surface area contributed by atoms with Gasteiger partial charge in [-0.25, -0.2) is 12.7 Å². The van der Waals surface area contributed by atoms with E-state index < -0.39 is 15.9 Å². The second kappa shape index (κ2) is 9.53. The molecule has 0 aliphatic heterocycles. The molecule has 0 unspecified atom stereocenters. The number of carbonyl (C=O) groups is 2. The van der Waals surface area contributed by atoms with Crippen molar-refractivity contribution in [2.24, 2.45) is 0 Å². The lowest BCUT2D eigenvalue weighted by Gasteiger charge is -2.16. The van der Waals surface area contributed by atoms with Gasteiger partial charge in [-0.1, -0.05) is 19.1 Å². The van der Waals surface area contributed by atoms with E-state index in [9.17, 15) is 18.0 Å². The number of hydrogen-bond donors (Lipinski definition) is 2. The summed E-state index contributed by atoms with van der Waals surface area (Å²) >= 11 is 0. The zero-order chi connectivity index (χ0) is 21.6. The highest BCUT2D eigenvalue weighted by atomic mass is 32.2. The minimum atomic E-state index is -3.82. The highest BCUT2D eigenvalue weighted by Gasteiger charge is 2.24. The quantitative estimate of drug-likeness (QED) is 0.683. The standard InChI is InChI=1S/C20H25N3O5S/c1-5-12-21-20(25)15-8-6-7-9-16(15)22-19(24)14-10-11-17(28-4)18(13-14)29(26,27)23(2)3/h6-11,13H,5,12H2,1-4H3,(H,21,25)(H,22,24). The van der Waals surface area contributed by atoms with Crippen LogP contribution in [0, 0.1) is 0 Å². The first-order chi connectivity index (χ1) is 13.7. The molecule has 0 fully saturated rings. The number of ether oxygens (including phenoxy) is 1. The molecular weight excluding hydrogens is 394 g/mol. The maximum Gasteiger partial charge on any atom is 0.255 e. The number of nitrogens with one attached hydrogen (secondary N) is 2. The Kier molecular flexibility index (Phi) is 7.35. The second-order valence-corrected chi connectivity index (χ2v) is 8.53. The van der Waals surface area contributed by atoms with Crippen LogP contribution < -0.4 is 15.4 Å². The third-order valence-corrected chi connectivity index (χ3v) is 5.98. The molecule has 0 spiro atoms. The number of sulfonamides is 1. The number of hydrogen-bond acceptors (Lipinski definition) is 5. The summed E-state index contributed by atoms with van der Waals surface area (Å²) in [5.41, 5.74) is 0.776. The summed E-state index contributed by atoms with van der Waals surface area (Å²) in [4.78, 5) is 25.0. The number of nitrogens with zero attached hydrogens (tertiary/aromatic N) is 1. The lowest BCUT2D eigenvalue weighted by atomic mass is 10.1. The van der Waals surface area contributed by atoms with E-state index in [0.717, 1.165) is 10.7 Å². The number of methoxy groups -OCH3 is 1. The molecule has 0 radical (unpaired) electrons. The fourth-order valence-corrected chi connectivity index (χ4v) is 3.61. The maximum atomic E-state index is 12.8. The topological polar surface area (TPSA) is 105 Å². The van der Waals surface area contributed by atoms with Gasteiger partial charge < -0.3 is 15.4 Å². The van der Waals surface area contributed by atoms with Crippen molar-refractivity contribution in [2.45, 2.75) is 18.2 Å². The molecule has 0 aliphatic carbocycles. The van der Waals surface area contributed by atoms with Crippen LogP contribution in [0.2, 0.25) is 0 Å². The Hall–Kier alpha value is -2.91. The third-order valence-electron chi connectivity index (χ3n) is 4.14. The molecule has 2 amide bonds. The number of carbonyl (C=O) groups excluding carboxylic acids is 2. The van der Waals surface area contributed by atoms with Crippen molar-refractivity contribution in [3.8, 4) is 5.75 Å². The van der Waals surface area contributed by atoms with Gasteiger partial charge in [0.15, 0.2) is 0 Å². The van der Waals surface area contributed by atoms with Crippen molar-refractivity contribution in [2.75, 3.05) is 33.1 Å². The van der Waals surface area contributed by atoms with Crippen LogP contribution >= 0.6 is 0 Å². The molecule has 0 atom stereocenters. The van der Waals surface area contributed by atoms with Gasteiger partial charge in [-0.05, 0) is 36.8 Å². The van der Waals surface area contributed by atoms with Crippen LogP contribution in [0.15, 0.2) is 47.4 Å². The van der Waals surface area contributed by atoms with Gasteiger partial charge in [-0.2, -0.15) is 0 Å². The van der Waals surface area contributed by atoms with Crippen LogP contribution in [0.1, 0.15) is 34.1 Å². The molecule has 2 aromatic carbocycles. The average Bonchev–Trinajstić information content (AvgIpc) is 2.71. The van der Waals surface area contributed by atoms with Crippen molar-refractivity contribution < 1.29 is 22.7 Å². The SMILES string of the molecule is CCCNC(=O)c1ccccc1NC(=O)c1ccc(OC)c(S(=O)(=O)N(C)C)c1. The summed E-state index contributed by atoms with van der Waals surface area (Å²) in [5, 5.41) is 5.45. The van der Waals surface area contributed by atoms with Gasteiger partial charge in [-0.15, -0.1) is 0 Å². The van der Waals surface area contributed by atoms with Crippen LogP contribution in [0.25, 0.3) is 0 Å². The summed E-state index contributed by atoms with van der Waals surface area (Å²) < 4.78 is 31.3. The van der Waals surface area contributed by atoms with E-state index in [2.05, 4.69) is 10.6 Å². The molecule has 0 saturated carbocycles. The first-order valence-electron chi connectivity index (χ1n) is 9.01. The van der Waals surface area contributed by atoms with Crippen LogP contribution in [0.4, 0.5) is 5.69 Å². The minimum absolute atomic E-state index is 0.119. The van der Waals surface area contributed by atoms with Crippen molar-refractivity contribution >= 4 is 27.5 Å². The normalized spacial score (nSPS) is 11.2. The number of benzene rings is 2. The Morgan fingerprint density at radius 2 is 1.76 bits per heavy atom. The largest absolute Gasteiger partial charge is 0.495 e. The van der Waals surface area contributed by atoms with Crippen molar-refractivity contribution in [1.82, 2.24) is 9.62 Å². The summed E-state index contributed by atoms with van der Waals surface area (Å²) in [5.74, 6) is -0.707. The minimum Gasteiger partial charge on any atom is -0.495 e. The molecule has 2 aromatic rings. The summed E-state index contributed by atoms with van der Waals surface area (Å²) in [6.45, 7) is 2.46. The zero-order valence-electron chi connectivity index (χ0n) is 16.9. The van der Waals surface area contributed by atoms with Gasteiger partial charge in [0.1, 0.15) is 10.6 Å². The molecule has 9 heteroatoms. The van der Waals surface area contributed by atoms with Crippen molar-refractivity contribution in [1.29, 1.82) is 0 Å². The van der Waals surface area contributed by atoms with Gasteiger partial charge in [0, 0.05) is 26.2 Å². The lowest BCUT2D eigenvalue weighted by molar-refractivity contribution is 0.0954. The monoisotopic (exact) mass is 419 g/mol. The Labute approximate surface area is 170 Å². The van der Waals surface area contributed by atoms with E-state index in [1.54, 1.807) is 24.3 Å². The molecule has 2 rings (SSSR count). The highest BCUT2D eigenvalue weighted by Crippen LogP contribution is 2.27. The fourth-order valence-electron chi connectivity index (χ4n) is 2.53. The Morgan fingerprint density at radius 1 is 1.07 bits per heavy atom. The molecule has 8 nitrogen and oxygen atoms in total. The van der Waals surface area contributed by atoms with Gasteiger partial charge in [0.2, 0.25) is 10.0 Å². The molecule has 0 bridgehead atoms. The lowest BCUT2D eigenvalue weighted by Crippen LogP contribution is -2.26. The summed E-state index contributed by atoms with van der Waals surface area (Å²) in [6.07, 6.45) is 0.787. The predicted octanol–water partition coefficient (Wildman–Crippen LogP) is 2.34. The number of rotatable bonds is 8. The smallest absolute Gasteiger partial charge is 0.255 e. The first kappa shape index (κ1) is 22.4. The number of anilines is 1. The van der Waals surface area contributed by atoms with Crippen LogP contribution in [-0.2, 0) is 10.0 Å². The third kappa shape index (κ3) is 5.12. The molecule has 29 heavy (non-hydrogen) atoms. The Bertz CT molecular complexity index is 1000. The maximum absolute atomic E-state index is 12.8. The van der Waals surface area contributed by atoms with Crippen molar-refractivity contribution in [3.63, 3.8) is 0 Å². The Morgan fingerprint density at radius 3 is 2.38 bits per heavy atom. The molecular formula is C20H25N3O5S.